The summed E-state index contributed by atoms with van der Waals surface area (Å²) >= 11 is 0. The van der Waals surface area contributed by atoms with Gasteiger partial charge in [-0.15, -0.1) is 24.0 Å². The smallest absolute Gasteiger partial charge is 0.222 e. The summed E-state index contributed by atoms with van der Waals surface area (Å²) in [7, 11) is 0. The van der Waals surface area contributed by atoms with Gasteiger partial charge in [0.25, 0.3) is 0 Å². The normalized spacial score (nSPS) is 14.6. The molecule has 1 fully saturated rings. The molecule has 1 amide bonds. The van der Waals surface area contributed by atoms with Crippen LogP contribution in [0.15, 0.2) is 29.3 Å². The van der Waals surface area contributed by atoms with Crippen molar-refractivity contribution >= 4 is 35.8 Å². The summed E-state index contributed by atoms with van der Waals surface area (Å²) in [5.41, 5.74) is 0.944. The Labute approximate surface area is 172 Å². The fourth-order valence-electron chi connectivity index (χ4n) is 3.00. The van der Waals surface area contributed by atoms with Crippen LogP contribution in [0.3, 0.4) is 0 Å². The van der Waals surface area contributed by atoms with Gasteiger partial charge in [0.15, 0.2) is 5.96 Å². The number of rotatable bonds is 8. The van der Waals surface area contributed by atoms with Gasteiger partial charge in [0, 0.05) is 25.6 Å². The molecule has 0 radical (unpaired) electrons. The lowest BCUT2D eigenvalue weighted by molar-refractivity contribution is -0.121. The van der Waals surface area contributed by atoms with E-state index in [1.807, 2.05) is 13.0 Å². The van der Waals surface area contributed by atoms with E-state index in [1.165, 1.54) is 18.9 Å². The summed E-state index contributed by atoms with van der Waals surface area (Å²) in [6.07, 6.45) is 5.73. The standard InChI is InChI=1S/C19H29FN4O.HI/c1-2-21-19(22-12-10-15-6-5-7-16(20)14-15)23-13-11-18(25)24-17-8-3-4-9-17;/h5-7,14,17H,2-4,8-13H2,1H3,(H,24,25)(H2,21,22,23);1H. The van der Waals surface area contributed by atoms with Crippen molar-refractivity contribution in [3.63, 3.8) is 0 Å². The molecule has 0 spiro atoms. The molecule has 0 atom stereocenters. The first-order valence-corrected chi connectivity index (χ1v) is 9.23. The molecule has 0 unspecified atom stereocenters. The molecule has 0 aromatic heterocycles. The summed E-state index contributed by atoms with van der Waals surface area (Å²) in [5, 5.41) is 9.45. The predicted molar refractivity (Wildman–Crippen MR) is 115 cm³/mol. The van der Waals surface area contributed by atoms with Crippen LogP contribution < -0.4 is 16.0 Å². The lowest BCUT2D eigenvalue weighted by atomic mass is 10.1. The fraction of sp³-hybridized carbons (Fsp3) is 0.579. The van der Waals surface area contributed by atoms with Gasteiger partial charge in [-0.25, -0.2) is 4.39 Å². The van der Waals surface area contributed by atoms with Gasteiger partial charge in [-0.1, -0.05) is 25.0 Å². The molecule has 26 heavy (non-hydrogen) atoms. The van der Waals surface area contributed by atoms with E-state index < -0.39 is 0 Å². The SMILES string of the molecule is CCNC(=NCCC(=O)NC1CCCC1)NCCc1cccc(F)c1.I. The van der Waals surface area contributed by atoms with E-state index in [0.29, 0.717) is 37.9 Å². The largest absolute Gasteiger partial charge is 0.357 e. The Kier molecular flexibility index (Phi) is 11.2. The highest BCUT2D eigenvalue weighted by atomic mass is 127. The van der Waals surface area contributed by atoms with Crippen molar-refractivity contribution < 1.29 is 9.18 Å². The van der Waals surface area contributed by atoms with Crippen molar-refractivity contribution in [2.75, 3.05) is 19.6 Å². The number of carbonyl (C=O) groups is 1. The average Bonchev–Trinajstić information content (AvgIpc) is 3.08. The van der Waals surface area contributed by atoms with Crippen molar-refractivity contribution in [2.24, 2.45) is 4.99 Å². The highest BCUT2D eigenvalue weighted by molar-refractivity contribution is 14.0. The van der Waals surface area contributed by atoms with E-state index in [0.717, 1.165) is 24.9 Å². The Hall–Kier alpha value is -1.38. The molecule has 0 heterocycles. The van der Waals surface area contributed by atoms with Gasteiger partial charge in [0.2, 0.25) is 5.91 Å². The molecule has 2 rings (SSSR count). The van der Waals surface area contributed by atoms with E-state index >= 15 is 0 Å². The molecule has 0 saturated heterocycles. The van der Waals surface area contributed by atoms with E-state index in [-0.39, 0.29) is 35.7 Å². The average molecular weight is 476 g/mol. The predicted octanol–water partition coefficient (Wildman–Crippen LogP) is 2.99. The van der Waals surface area contributed by atoms with Gasteiger partial charge in [0.1, 0.15) is 5.82 Å². The second kappa shape index (κ2) is 12.9. The van der Waals surface area contributed by atoms with Crippen LogP contribution in [-0.4, -0.2) is 37.5 Å². The number of benzene rings is 1. The molecule has 3 N–H and O–H groups in total. The maximum absolute atomic E-state index is 13.2. The number of guanidine groups is 1. The van der Waals surface area contributed by atoms with Crippen molar-refractivity contribution in [1.82, 2.24) is 16.0 Å². The second-order valence-electron chi connectivity index (χ2n) is 6.37. The van der Waals surface area contributed by atoms with Crippen molar-refractivity contribution in [2.45, 2.75) is 51.5 Å². The summed E-state index contributed by atoms with van der Waals surface area (Å²) in [5.74, 6) is 0.546. The zero-order chi connectivity index (χ0) is 17.9. The quantitative estimate of drug-likeness (QED) is 0.307. The number of hydrogen-bond donors (Lipinski definition) is 3. The summed E-state index contributed by atoms with van der Waals surface area (Å²) in [6.45, 7) is 3.86. The van der Waals surface area contributed by atoms with Crippen LogP contribution >= 0.6 is 24.0 Å². The minimum Gasteiger partial charge on any atom is -0.357 e. The van der Waals surface area contributed by atoms with Gasteiger partial charge in [-0.05, 0) is 43.9 Å². The molecular weight excluding hydrogens is 446 g/mol. The molecule has 5 nitrogen and oxygen atoms in total. The van der Waals surface area contributed by atoms with Crippen LogP contribution in [0.4, 0.5) is 4.39 Å². The molecule has 7 heteroatoms. The highest BCUT2D eigenvalue weighted by Gasteiger charge is 2.16. The van der Waals surface area contributed by atoms with Crippen LogP contribution in [-0.2, 0) is 11.2 Å². The van der Waals surface area contributed by atoms with Gasteiger partial charge in [0.05, 0.1) is 6.54 Å². The number of halogens is 2. The van der Waals surface area contributed by atoms with E-state index in [9.17, 15) is 9.18 Å². The van der Waals surface area contributed by atoms with Crippen molar-refractivity contribution in [1.29, 1.82) is 0 Å². The third kappa shape index (κ3) is 8.82. The third-order valence-electron chi connectivity index (χ3n) is 4.27. The minimum absolute atomic E-state index is 0. The second-order valence-corrected chi connectivity index (χ2v) is 6.37. The molecule has 1 saturated carbocycles. The Morgan fingerprint density at radius 3 is 2.73 bits per heavy atom. The molecule has 146 valence electrons. The summed E-state index contributed by atoms with van der Waals surface area (Å²) in [4.78, 5) is 16.3. The number of nitrogens with one attached hydrogen (secondary N) is 3. The number of hydrogen-bond acceptors (Lipinski definition) is 2. The van der Waals surface area contributed by atoms with E-state index in [2.05, 4.69) is 20.9 Å². The zero-order valence-electron chi connectivity index (χ0n) is 15.4. The first-order chi connectivity index (χ1) is 12.2. The van der Waals surface area contributed by atoms with Crippen LogP contribution in [0.1, 0.15) is 44.6 Å². The third-order valence-corrected chi connectivity index (χ3v) is 4.27. The van der Waals surface area contributed by atoms with Crippen molar-refractivity contribution in [3.8, 4) is 0 Å². The number of carbonyl (C=O) groups excluding carboxylic acids is 1. The molecule has 0 bridgehead atoms. The molecule has 1 aliphatic carbocycles. The lowest BCUT2D eigenvalue weighted by Crippen LogP contribution is -2.38. The fourth-order valence-corrected chi connectivity index (χ4v) is 3.00. The monoisotopic (exact) mass is 476 g/mol. The van der Waals surface area contributed by atoms with Gasteiger partial charge < -0.3 is 16.0 Å². The topological polar surface area (TPSA) is 65.5 Å². The van der Waals surface area contributed by atoms with Crippen LogP contribution in [0, 0.1) is 5.82 Å². The molecule has 0 aliphatic heterocycles. The van der Waals surface area contributed by atoms with Gasteiger partial charge in [-0.3, -0.25) is 9.79 Å². The number of nitrogens with zero attached hydrogens (tertiary/aromatic N) is 1. The number of aliphatic imine (C=N–C) groups is 1. The highest BCUT2D eigenvalue weighted by Crippen LogP contribution is 2.17. The Balaban J connectivity index is 0.00000338. The van der Waals surface area contributed by atoms with Crippen LogP contribution in [0.25, 0.3) is 0 Å². The summed E-state index contributed by atoms with van der Waals surface area (Å²) < 4.78 is 13.2. The van der Waals surface area contributed by atoms with Crippen LogP contribution in [0.5, 0.6) is 0 Å². The molecular formula is C19H30FIN4O. The van der Waals surface area contributed by atoms with E-state index in [1.54, 1.807) is 12.1 Å². The minimum atomic E-state index is -0.216. The Morgan fingerprint density at radius 2 is 2.04 bits per heavy atom. The first kappa shape index (κ1) is 22.7. The maximum atomic E-state index is 13.2. The van der Waals surface area contributed by atoms with Gasteiger partial charge in [-0.2, -0.15) is 0 Å². The molecule has 1 aromatic carbocycles. The Bertz CT molecular complexity index is 576. The molecule has 1 aromatic rings. The maximum Gasteiger partial charge on any atom is 0.222 e. The van der Waals surface area contributed by atoms with Crippen LogP contribution in [0.2, 0.25) is 0 Å². The van der Waals surface area contributed by atoms with Gasteiger partial charge >= 0.3 is 0 Å². The Morgan fingerprint density at radius 1 is 1.27 bits per heavy atom. The molecule has 1 aliphatic rings. The summed E-state index contributed by atoms with van der Waals surface area (Å²) in [6, 6.07) is 6.96. The van der Waals surface area contributed by atoms with Crippen molar-refractivity contribution in [3.05, 3.63) is 35.6 Å². The zero-order valence-corrected chi connectivity index (χ0v) is 17.7. The first-order valence-electron chi connectivity index (χ1n) is 9.23. The van der Waals surface area contributed by atoms with E-state index in [4.69, 9.17) is 0 Å². The number of amides is 1. The lowest BCUT2D eigenvalue weighted by Gasteiger charge is -2.13.